The summed E-state index contributed by atoms with van der Waals surface area (Å²) < 4.78 is 17.4. The number of carbonyl (C=O) groups is 1. The predicted molar refractivity (Wildman–Crippen MR) is 121 cm³/mol. The van der Waals surface area contributed by atoms with Crippen molar-refractivity contribution in [3.05, 3.63) is 53.1 Å². The third kappa shape index (κ3) is 6.15. The van der Waals surface area contributed by atoms with Crippen LogP contribution in [0.3, 0.4) is 0 Å². The van der Waals surface area contributed by atoms with Gasteiger partial charge in [0.25, 0.3) is 5.91 Å². The molecule has 0 aromatic heterocycles. The van der Waals surface area contributed by atoms with Crippen LogP contribution in [0.25, 0.3) is 0 Å². The molecule has 0 aliphatic heterocycles. The minimum Gasteiger partial charge on any atom is -0.490 e. The van der Waals surface area contributed by atoms with Crippen LogP contribution >= 0.6 is 0 Å². The van der Waals surface area contributed by atoms with E-state index in [0.717, 1.165) is 22.4 Å². The highest BCUT2D eigenvalue weighted by Crippen LogP contribution is 2.31. The molecule has 2 atom stereocenters. The van der Waals surface area contributed by atoms with Crippen molar-refractivity contribution in [2.75, 3.05) is 13.2 Å². The topological polar surface area (TPSA) is 56.8 Å². The molecule has 1 N–H and O–H groups in total. The number of hydrogen-bond acceptors (Lipinski definition) is 4. The molecule has 2 unspecified atom stereocenters. The molecule has 2 aromatic carbocycles. The molecule has 164 valence electrons. The second-order valence-electron chi connectivity index (χ2n) is 7.76. The van der Waals surface area contributed by atoms with Gasteiger partial charge in [-0.25, -0.2) is 0 Å². The van der Waals surface area contributed by atoms with E-state index >= 15 is 0 Å². The summed E-state index contributed by atoms with van der Waals surface area (Å²) in [5.41, 5.74) is 3.15. The molecule has 0 saturated heterocycles. The van der Waals surface area contributed by atoms with Crippen LogP contribution in [0.4, 0.5) is 0 Å². The molecular weight excluding hydrogens is 378 g/mol. The van der Waals surface area contributed by atoms with Crippen LogP contribution in [0.2, 0.25) is 0 Å². The number of nitrogens with one attached hydrogen (secondary N) is 1. The summed E-state index contributed by atoms with van der Waals surface area (Å²) in [7, 11) is 0. The van der Waals surface area contributed by atoms with Gasteiger partial charge in [-0.15, -0.1) is 0 Å². The van der Waals surface area contributed by atoms with Gasteiger partial charge in [-0.2, -0.15) is 0 Å². The molecule has 0 spiro atoms. The van der Waals surface area contributed by atoms with Crippen molar-refractivity contribution in [3.8, 4) is 17.2 Å². The number of rotatable bonds is 10. The van der Waals surface area contributed by atoms with Crippen molar-refractivity contribution >= 4 is 5.91 Å². The number of ether oxygens (including phenoxy) is 3. The normalized spacial score (nSPS) is 12.9. The second-order valence-corrected chi connectivity index (χ2v) is 7.76. The highest BCUT2D eigenvalue weighted by molar-refractivity contribution is 5.81. The maximum absolute atomic E-state index is 12.8. The minimum atomic E-state index is -0.610. The molecule has 0 fully saturated rings. The number of carbonyl (C=O) groups excluding carboxylic acids is 1. The zero-order chi connectivity index (χ0) is 22.3. The van der Waals surface area contributed by atoms with E-state index in [-0.39, 0.29) is 11.9 Å². The first-order chi connectivity index (χ1) is 14.3. The third-order valence-corrected chi connectivity index (χ3v) is 4.89. The first kappa shape index (κ1) is 23.6. The summed E-state index contributed by atoms with van der Waals surface area (Å²) >= 11 is 0. The molecule has 0 radical (unpaired) electrons. The molecular formula is C25H35NO4. The van der Waals surface area contributed by atoms with E-state index in [9.17, 15) is 4.79 Å². The molecule has 2 rings (SSSR count). The maximum Gasteiger partial charge on any atom is 0.261 e. The van der Waals surface area contributed by atoms with Crippen LogP contribution in [-0.2, 0) is 4.79 Å². The van der Waals surface area contributed by atoms with Crippen LogP contribution in [0, 0.1) is 6.92 Å². The molecule has 5 nitrogen and oxygen atoms in total. The predicted octanol–water partition coefficient (Wildman–Crippen LogP) is 5.56. The van der Waals surface area contributed by atoms with E-state index in [4.69, 9.17) is 14.2 Å². The fourth-order valence-electron chi connectivity index (χ4n) is 3.22. The van der Waals surface area contributed by atoms with Gasteiger partial charge in [0.05, 0.1) is 19.3 Å². The van der Waals surface area contributed by atoms with Gasteiger partial charge in [-0.3, -0.25) is 4.79 Å². The number of aryl methyl sites for hydroxylation is 1. The van der Waals surface area contributed by atoms with Crippen LogP contribution in [0.15, 0.2) is 36.4 Å². The van der Waals surface area contributed by atoms with Crippen molar-refractivity contribution in [2.45, 2.75) is 66.5 Å². The van der Waals surface area contributed by atoms with E-state index in [2.05, 4.69) is 31.3 Å². The van der Waals surface area contributed by atoms with Crippen LogP contribution in [0.1, 0.15) is 70.2 Å². The van der Waals surface area contributed by atoms with Crippen LogP contribution < -0.4 is 19.5 Å². The van der Waals surface area contributed by atoms with Gasteiger partial charge in [-0.05, 0) is 75.4 Å². The lowest BCUT2D eigenvalue weighted by molar-refractivity contribution is -0.127. The highest BCUT2D eigenvalue weighted by atomic mass is 16.5. The van der Waals surface area contributed by atoms with Crippen LogP contribution in [-0.4, -0.2) is 25.2 Å². The van der Waals surface area contributed by atoms with Gasteiger partial charge in [0, 0.05) is 0 Å². The maximum atomic E-state index is 12.8. The van der Waals surface area contributed by atoms with Gasteiger partial charge < -0.3 is 19.5 Å². The van der Waals surface area contributed by atoms with Crippen molar-refractivity contribution in [1.29, 1.82) is 0 Å². The molecule has 0 bridgehead atoms. The molecule has 0 saturated carbocycles. The molecule has 30 heavy (non-hydrogen) atoms. The Morgan fingerprint density at radius 3 is 2.20 bits per heavy atom. The summed E-state index contributed by atoms with van der Waals surface area (Å²) in [6.45, 7) is 15.0. The quantitative estimate of drug-likeness (QED) is 0.554. The average molecular weight is 414 g/mol. The summed E-state index contributed by atoms with van der Waals surface area (Å²) in [5, 5.41) is 3.04. The Morgan fingerprint density at radius 1 is 0.900 bits per heavy atom. The number of hydrogen-bond donors (Lipinski definition) is 1. The Bertz CT molecular complexity index is 847. The minimum absolute atomic E-state index is 0.162. The monoisotopic (exact) mass is 413 g/mol. The smallest absolute Gasteiger partial charge is 0.261 e. The molecule has 5 heteroatoms. The summed E-state index contributed by atoms with van der Waals surface area (Å²) in [6.07, 6.45) is -0.610. The number of benzene rings is 2. The third-order valence-electron chi connectivity index (χ3n) is 4.89. The second kappa shape index (κ2) is 10.9. The average Bonchev–Trinajstić information content (AvgIpc) is 2.69. The Kier molecular flexibility index (Phi) is 8.58. The van der Waals surface area contributed by atoms with Gasteiger partial charge in [0.15, 0.2) is 17.6 Å². The first-order valence-corrected chi connectivity index (χ1v) is 10.7. The van der Waals surface area contributed by atoms with Crippen molar-refractivity contribution in [1.82, 2.24) is 5.32 Å². The Labute approximate surface area is 180 Å². The molecule has 0 aliphatic rings. The van der Waals surface area contributed by atoms with E-state index in [1.165, 1.54) is 0 Å². The van der Waals surface area contributed by atoms with Gasteiger partial charge in [0.1, 0.15) is 5.75 Å². The van der Waals surface area contributed by atoms with E-state index in [0.29, 0.717) is 30.6 Å². The SMILES string of the molecule is CCOc1ccc(C(C)NC(=O)C(C)Oc2cc(C)ccc2C(C)C)cc1OCC. The zero-order valence-electron chi connectivity index (χ0n) is 19.2. The lowest BCUT2D eigenvalue weighted by atomic mass is 10.0. The van der Waals surface area contributed by atoms with Crippen molar-refractivity contribution in [2.24, 2.45) is 0 Å². The zero-order valence-corrected chi connectivity index (χ0v) is 19.2. The van der Waals surface area contributed by atoms with Crippen molar-refractivity contribution in [3.63, 3.8) is 0 Å². The Balaban J connectivity index is 2.10. The Morgan fingerprint density at radius 2 is 1.57 bits per heavy atom. The summed E-state index contributed by atoms with van der Waals surface area (Å²) in [6, 6.07) is 11.7. The lowest BCUT2D eigenvalue weighted by Crippen LogP contribution is -2.38. The van der Waals surface area contributed by atoms with Crippen LogP contribution in [0.5, 0.6) is 17.2 Å². The van der Waals surface area contributed by atoms with Gasteiger partial charge in [0.2, 0.25) is 0 Å². The fourth-order valence-corrected chi connectivity index (χ4v) is 3.22. The lowest BCUT2D eigenvalue weighted by Gasteiger charge is -2.22. The number of amides is 1. The van der Waals surface area contributed by atoms with Gasteiger partial charge >= 0.3 is 0 Å². The standard InChI is InChI=1S/C25H35NO4/c1-8-28-22-13-11-20(15-24(22)29-9-2)18(6)26-25(27)19(7)30-23-14-17(5)10-12-21(23)16(3)4/h10-16,18-19H,8-9H2,1-7H3,(H,26,27). The van der Waals surface area contributed by atoms with Crippen molar-refractivity contribution < 1.29 is 19.0 Å². The highest BCUT2D eigenvalue weighted by Gasteiger charge is 2.20. The largest absolute Gasteiger partial charge is 0.490 e. The molecule has 0 aliphatic carbocycles. The Hall–Kier alpha value is -2.69. The summed E-state index contributed by atoms with van der Waals surface area (Å²) in [4.78, 5) is 12.8. The van der Waals surface area contributed by atoms with E-state index in [1.807, 2.05) is 52.0 Å². The van der Waals surface area contributed by atoms with E-state index in [1.54, 1.807) is 6.92 Å². The molecule has 0 heterocycles. The molecule has 2 aromatic rings. The first-order valence-electron chi connectivity index (χ1n) is 10.7. The molecule has 1 amide bonds. The van der Waals surface area contributed by atoms with E-state index < -0.39 is 6.10 Å². The fraction of sp³-hybridized carbons (Fsp3) is 0.480. The van der Waals surface area contributed by atoms with Gasteiger partial charge in [-0.1, -0.05) is 32.0 Å². The summed E-state index contributed by atoms with van der Waals surface area (Å²) in [5.74, 6) is 2.31.